The Morgan fingerprint density at radius 3 is 2.72 bits per heavy atom. The Hall–Kier alpha value is -1.88. The van der Waals surface area contributed by atoms with Crippen LogP contribution in [0, 0.1) is 0 Å². The average molecular weight is 247 g/mol. The van der Waals surface area contributed by atoms with E-state index < -0.39 is 0 Å². The van der Waals surface area contributed by atoms with Gasteiger partial charge < -0.3 is 5.32 Å². The van der Waals surface area contributed by atoms with Crippen LogP contribution in [0.2, 0.25) is 0 Å². The zero-order valence-electron chi connectivity index (χ0n) is 10.3. The number of benzene rings is 1. The molecule has 1 aliphatic rings. The minimum atomic E-state index is -0.314. The van der Waals surface area contributed by atoms with E-state index >= 15 is 0 Å². The molecule has 1 aliphatic heterocycles. The molecule has 0 radical (unpaired) electrons. The van der Waals surface area contributed by atoms with E-state index in [1.165, 1.54) is 5.01 Å². The van der Waals surface area contributed by atoms with E-state index in [9.17, 15) is 9.59 Å². The van der Waals surface area contributed by atoms with Gasteiger partial charge in [0, 0.05) is 6.42 Å². The van der Waals surface area contributed by atoms with Crippen molar-refractivity contribution in [1.82, 2.24) is 15.8 Å². The van der Waals surface area contributed by atoms with Gasteiger partial charge in [0.15, 0.2) is 0 Å². The number of hydrogen-bond donors (Lipinski definition) is 2. The second-order valence-electron chi connectivity index (χ2n) is 4.31. The molecule has 18 heavy (non-hydrogen) atoms. The molecule has 0 unspecified atom stereocenters. The predicted octanol–water partition coefficient (Wildman–Crippen LogP) is 0.0806. The quantitative estimate of drug-likeness (QED) is 0.792. The lowest BCUT2D eigenvalue weighted by Gasteiger charge is -2.22. The van der Waals surface area contributed by atoms with Crippen LogP contribution in [0.5, 0.6) is 0 Å². The highest BCUT2D eigenvalue weighted by Crippen LogP contribution is 2.07. The summed E-state index contributed by atoms with van der Waals surface area (Å²) in [6.07, 6.45) is 0.996. The average Bonchev–Trinajstić information content (AvgIpc) is 2.83. The van der Waals surface area contributed by atoms with Gasteiger partial charge in [-0.1, -0.05) is 30.3 Å². The minimum Gasteiger partial charge on any atom is -0.309 e. The number of likely N-dealkylation sites (N-methyl/N-ethyl adjacent to an activating group) is 1. The third-order valence-electron chi connectivity index (χ3n) is 3.02. The molecule has 5 nitrogen and oxygen atoms in total. The Morgan fingerprint density at radius 1 is 1.44 bits per heavy atom. The molecule has 2 amide bonds. The van der Waals surface area contributed by atoms with Crippen LogP contribution >= 0.6 is 0 Å². The van der Waals surface area contributed by atoms with Gasteiger partial charge in [0.05, 0.1) is 12.6 Å². The summed E-state index contributed by atoms with van der Waals surface area (Å²) in [5.41, 5.74) is 3.65. The highest BCUT2D eigenvalue weighted by atomic mass is 16.2. The summed E-state index contributed by atoms with van der Waals surface area (Å²) in [5, 5.41) is 4.39. The second-order valence-corrected chi connectivity index (χ2v) is 4.31. The maximum absolute atomic E-state index is 12.2. The summed E-state index contributed by atoms with van der Waals surface area (Å²) in [4.78, 5) is 23.3. The minimum absolute atomic E-state index is 0.0906. The normalized spacial score (nSPS) is 16.5. The van der Waals surface area contributed by atoms with Crippen molar-refractivity contribution in [3.05, 3.63) is 35.9 Å². The SMILES string of the molecule is CN[C@H](Cc1ccccc1)C(=O)N1CCC(=O)N1. The Kier molecular flexibility index (Phi) is 3.94. The van der Waals surface area contributed by atoms with Gasteiger partial charge in [-0.25, -0.2) is 0 Å². The van der Waals surface area contributed by atoms with Crippen molar-refractivity contribution in [2.75, 3.05) is 13.6 Å². The molecule has 1 aromatic rings. The van der Waals surface area contributed by atoms with Crippen molar-refractivity contribution >= 4 is 11.8 Å². The summed E-state index contributed by atoms with van der Waals surface area (Å²) in [7, 11) is 1.75. The number of nitrogens with one attached hydrogen (secondary N) is 2. The Morgan fingerprint density at radius 2 is 2.17 bits per heavy atom. The molecule has 96 valence electrons. The Bertz CT molecular complexity index is 433. The maximum atomic E-state index is 12.2. The van der Waals surface area contributed by atoms with Crippen LogP contribution in [-0.2, 0) is 16.0 Å². The number of amides is 2. The molecule has 0 aliphatic carbocycles. The molecule has 0 spiro atoms. The summed E-state index contributed by atoms with van der Waals surface area (Å²) >= 11 is 0. The van der Waals surface area contributed by atoms with Crippen molar-refractivity contribution < 1.29 is 9.59 Å². The molecule has 2 rings (SSSR count). The van der Waals surface area contributed by atoms with Crippen LogP contribution in [0.25, 0.3) is 0 Å². The van der Waals surface area contributed by atoms with E-state index in [1.807, 2.05) is 30.3 Å². The first kappa shape index (κ1) is 12.6. The van der Waals surface area contributed by atoms with E-state index in [-0.39, 0.29) is 17.9 Å². The van der Waals surface area contributed by atoms with E-state index in [1.54, 1.807) is 7.05 Å². The van der Waals surface area contributed by atoms with Crippen molar-refractivity contribution in [2.24, 2.45) is 0 Å². The largest absolute Gasteiger partial charge is 0.309 e. The van der Waals surface area contributed by atoms with Gasteiger partial charge in [0.2, 0.25) is 5.91 Å². The monoisotopic (exact) mass is 247 g/mol. The molecule has 0 aromatic heterocycles. The molecule has 2 N–H and O–H groups in total. The summed E-state index contributed by atoms with van der Waals surface area (Å²) in [6, 6.07) is 9.50. The van der Waals surface area contributed by atoms with Crippen molar-refractivity contribution in [2.45, 2.75) is 18.9 Å². The van der Waals surface area contributed by atoms with E-state index in [2.05, 4.69) is 10.7 Å². The fourth-order valence-corrected chi connectivity index (χ4v) is 1.99. The van der Waals surface area contributed by atoms with Gasteiger partial charge in [-0.3, -0.25) is 20.0 Å². The fourth-order valence-electron chi connectivity index (χ4n) is 1.99. The van der Waals surface area contributed by atoms with Crippen LogP contribution in [0.4, 0.5) is 0 Å². The van der Waals surface area contributed by atoms with Gasteiger partial charge in [-0.05, 0) is 19.0 Å². The lowest BCUT2D eigenvalue weighted by Crippen LogP contribution is -2.49. The zero-order chi connectivity index (χ0) is 13.0. The van der Waals surface area contributed by atoms with Crippen molar-refractivity contribution in [1.29, 1.82) is 0 Å². The maximum Gasteiger partial charge on any atom is 0.258 e. The predicted molar refractivity (Wildman–Crippen MR) is 67.5 cm³/mol. The van der Waals surface area contributed by atoms with Crippen LogP contribution in [0.1, 0.15) is 12.0 Å². The van der Waals surface area contributed by atoms with E-state index in [0.717, 1.165) is 5.56 Å². The number of carbonyl (C=O) groups excluding carboxylic acids is 2. The standard InChI is InChI=1S/C13H17N3O2/c1-14-11(9-10-5-3-2-4-6-10)13(18)16-8-7-12(17)15-16/h2-6,11,14H,7-9H2,1H3,(H,15,17)/t11-/m1/s1. The number of hydrogen-bond acceptors (Lipinski definition) is 3. The number of hydrazine groups is 1. The Labute approximate surface area is 106 Å². The van der Waals surface area contributed by atoms with Gasteiger partial charge >= 0.3 is 0 Å². The molecule has 1 atom stereocenters. The van der Waals surface area contributed by atoms with E-state index in [4.69, 9.17) is 0 Å². The zero-order valence-corrected chi connectivity index (χ0v) is 10.3. The molecule has 1 heterocycles. The van der Waals surface area contributed by atoms with Crippen LogP contribution in [-0.4, -0.2) is 36.5 Å². The molecule has 0 bridgehead atoms. The molecular formula is C13H17N3O2. The molecule has 1 aromatic carbocycles. The highest BCUT2D eigenvalue weighted by molar-refractivity contribution is 5.88. The number of rotatable bonds is 4. The van der Waals surface area contributed by atoms with Gasteiger partial charge in [0.25, 0.3) is 5.91 Å². The number of carbonyl (C=O) groups is 2. The third kappa shape index (κ3) is 2.87. The molecule has 0 saturated carbocycles. The summed E-state index contributed by atoms with van der Waals surface area (Å²) < 4.78 is 0. The first-order chi connectivity index (χ1) is 8.70. The van der Waals surface area contributed by atoms with Crippen LogP contribution in [0.15, 0.2) is 30.3 Å². The lowest BCUT2D eigenvalue weighted by molar-refractivity contribution is -0.138. The first-order valence-corrected chi connectivity index (χ1v) is 6.03. The Balaban J connectivity index is 2.00. The fraction of sp³-hybridized carbons (Fsp3) is 0.385. The molecule has 1 fully saturated rings. The van der Waals surface area contributed by atoms with E-state index in [0.29, 0.717) is 19.4 Å². The smallest absolute Gasteiger partial charge is 0.258 e. The van der Waals surface area contributed by atoms with Crippen LogP contribution < -0.4 is 10.7 Å². The third-order valence-corrected chi connectivity index (χ3v) is 3.02. The van der Waals surface area contributed by atoms with Gasteiger partial charge in [-0.15, -0.1) is 0 Å². The second kappa shape index (κ2) is 5.64. The van der Waals surface area contributed by atoms with Gasteiger partial charge in [-0.2, -0.15) is 0 Å². The van der Waals surface area contributed by atoms with Crippen molar-refractivity contribution in [3.8, 4) is 0 Å². The summed E-state index contributed by atoms with van der Waals surface area (Å²) in [5.74, 6) is -0.190. The summed E-state index contributed by atoms with van der Waals surface area (Å²) in [6.45, 7) is 0.449. The molecule has 1 saturated heterocycles. The number of nitrogens with zero attached hydrogens (tertiary/aromatic N) is 1. The highest BCUT2D eigenvalue weighted by Gasteiger charge is 2.28. The van der Waals surface area contributed by atoms with Crippen molar-refractivity contribution in [3.63, 3.8) is 0 Å². The van der Waals surface area contributed by atoms with Gasteiger partial charge in [0.1, 0.15) is 0 Å². The molecular weight excluding hydrogens is 230 g/mol. The molecule has 5 heteroatoms. The first-order valence-electron chi connectivity index (χ1n) is 6.03. The van der Waals surface area contributed by atoms with Crippen LogP contribution in [0.3, 0.4) is 0 Å². The topological polar surface area (TPSA) is 61.4 Å². The lowest BCUT2D eigenvalue weighted by atomic mass is 10.1.